The number of hydrogen-bond donors (Lipinski definition) is 1. The van der Waals surface area contributed by atoms with Gasteiger partial charge in [-0.15, -0.1) is 0 Å². The summed E-state index contributed by atoms with van der Waals surface area (Å²) >= 11 is 0. The van der Waals surface area contributed by atoms with Gasteiger partial charge in [0, 0.05) is 5.69 Å². The lowest BCUT2D eigenvalue weighted by atomic mass is 10.1. The van der Waals surface area contributed by atoms with Crippen LogP contribution in [-0.2, 0) is 4.74 Å². The molecule has 0 atom stereocenters. The van der Waals surface area contributed by atoms with Gasteiger partial charge >= 0.3 is 6.09 Å². The van der Waals surface area contributed by atoms with Gasteiger partial charge < -0.3 is 4.74 Å². The van der Waals surface area contributed by atoms with Gasteiger partial charge in [0.25, 0.3) is 0 Å². The summed E-state index contributed by atoms with van der Waals surface area (Å²) in [4.78, 5) is 11.1. The van der Waals surface area contributed by atoms with Gasteiger partial charge in [-0.3, -0.25) is 5.32 Å². The number of carbonyl (C=O) groups is 1. The molecule has 78 valence electrons. The normalized spacial score (nSPS) is 9.13. The fourth-order valence-electron chi connectivity index (χ4n) is 1.10. The first-order valence-electron chi connectivity index (χ1n) is 4.62. The van der Waals surface area contributed by atoms with Crippen LogP contribution in [0.2, 0.25) is 0 Å². The van der Waals surface area contributed by atoms with Gasteiger partial charge in [-0.05, 0) is 31.5 Å². The molecule has 0 saturated carbocycles. The Morgan fingerprint density at radius 3 is 2.93 bits per heavy atom. The standard InChI is InChI=1S/C11H12N2O2/c1-3-15-11(14)13-10-6-9(7-12)5-4-8(10)2/h4-6H,3H2,1-2H3,(H,13,14). The summed E-state index contributed by atoms with van der Waals surface area (Å²) in [7, 11) is 0. The van der Waals surface area contributed by atoms with Crippen molar-refractivity contribution in [3.05, 3.63) is 29.3 Å². The fraction of sp³-hybridized carbons (Fsp3) is 0.273. The second-order valence-corrected chi connectivity index (χ2v) is 2.99. The second-order valence-electron chi connectivity index (χ2n) is 2.99. The Morgan fingerprint density at radius 2 is 2.33 bits per heavy atom. The monoisotopic (exact) mass is 204 g/mol. The first-order chi connectivity index (χ1) is 7.17. The van der Waals surface area contributed by atoms with E-state index in [1.54, 1.807) is 25.1 Å². The Hall–Kier alpha value is -2.02. The fourth-order valence-corrected chi connectivity index (χ4v) is 1.10. The first kappa shape index (κ1) is 11.1. The minimum atomic E-state index is -0.504. The van der Waals surface area contributed by atoms with E-state index in [2.05, 4.69) is 5.32 Å². The number of rotatable bonds is 2. The van der Waals surface area contributed by atoms with Gasteiger partial charge in [0.15, 0.2) is 0 Å². The average molecular weight is 204 g/mol. The average Bonchev–Trinajstić information content (AvgIpc) is 2.21. The Kier molecular flexibility index (Phi) is 3.69. The molecule has 0 aliphatic carbocycles. The third kappa shape index (κ3) is 2.99. The number of ether oxygens (including phenoxy) is 1. The number of anilines is 1. The van der Waals surface area contributed by atoms with Gasteiger partial charge in [0.1, 0.15) is 0 Å². The van der Waals surface area contributed by atoms with Crippen LogP contribution in [0.4, 0.5) is 10.5 Å². The number of benzene rings is 1. The van der Waals surface area contributed by atoms with Gasteiger partial charge in [-0.1, -0.05) is 6.07 Å². The number of amides is 1. The van der Waals surface area contributed by atoms with Crippen LogP contribution in [0.5, 0.6) is 0 Å². The molecule has 0 aliphatic heterocycles. The van der Waals surface area contributed by atoms with Gasteiger partial charge in [0.05, 0.1) is 18.2 Å². The highest BCUT2D eigenvalue weighted by atomic mass is 16.5. The maximum atomic E-state index is 11.1. The molecular formula is C11H12N2O2. The van der Waals surface area contributed by atoms with Crippen LogP contribution >= 0.6 is 0 Å². The molecule has 1 aromatic carbocycles. The predicted molar refractivity (Wildman–Crippen MR) is 56.5 cm³/mol. The summed E-state index contributed by atoms with van der Waals surface area (Å²) in [6.07, 6.45) is -0.504. The largest absolute Gasteiger partial charge is 0.450 e. The van der Waals surface area contributed by atoms with Crippen molar-refractivity contribution in [2.45, 2.75) is 13.8 Å². The Labute approximate surface area is 88.5 Å². The lowest BCUT2D eigenvalue weighted by molar-refractivity contribution is 0.168. The quantitative estimate of drug-likeness (QED) is 0.804. The molecule has 4 nitrogen and oxygen atoms in total. The maximum Gasteiger partial charge on any atom is 0.411 e. The lowest BCUT2D eigenvalue weighted by Gasteiger charge is -2.08. The molecule has 15 heavy (non-hydrogen) atoms. The molecule has 0 fully saturated rings. The van der Waals surface area contributed by atoms with Crippen molar-refractivity contribution in [1.29, 1.82) is 5.26 Å². The topological polar surface area (TPSA) is 62.1 Å². The molecule has 1 rings (SSSR count). The zero-order valence-corrected chi connectivity index (χ0v) is 8.70. The SMILES string of the molecule is CCOC(=O)Nc1cc(C#N)ccc1C. The number of nitriles is 1. The van der Waals surface area contributed by atoms with E-state index in [0.717, 1.165) is 5.56 Å². The maximum absolute atomic E-state index is 11.1. The highest BCUT2D eigenvalue weighted by Crippen LogP contribution is 2.16. The Morgan fingerprint density at radius 1 is 1.60 bits per heavy atom. The van der Waals surface area contributed by atoms with Crippen LogP contribution in [0.15, 0.2) is 18.2 Å². The number of aryl methyl sites for hydroxylation is 1. The molecule has 0 aromatic heterocycles. The number of nitrogens with one attached hydrogen (secondary N) is 1. The van der Waals surface area contributed by atoms with Gasteiger partial charge in [-0.25, -0.2) is 4.79 Å². The van der Waals surface area contributed by atoms with E-state index >= 15 is 0 Å². The molecule has 4 heteroatoms. The van der Waals surface area contributed by atoms with Crippen LogP contribution < -0.4 is 5.32 Å². The summed E-state index contributed by atoms with van der Waals surface area (Å²) in [5.74, 6) is 0. The molecule has 0 saturated heterocycles. The molecule has 1 N–H and O–H groups in total. The van der Waals surface area contributed by atoms with Crippen LogP contribution in [-0.4, -0.2) is 12.7 Å². The summed E-state index contributed by atoms with van der Waals surface area (Å²) in [6.45, 7) is 3.91. The molecule has 1 amide bonds. The molecule has 0 bridgehead atoms. The third-order valence-electron chi connectivity index (χ3n) is 1.88. The Balaban J connectivity index is 2.85. The van der Waals surface area contributed by atoms with Crippen molar-refractivity contribution < 1.29 is 9.53 Å². The zero-order valence-electron chi connectivity index (χ0n) is 8.70. The van der Waals surface area contributed by atoms with E-state index in [1.807, 2.05) is 13.0 Å². The van der Waals surface area contributed by atoms with Gasteiger partial charge in [0.2, 0.25) is 0 Å². The third-order valence-corrected chi connectivity index (χ3v) is 1.88. The highest BCUT2D eigenvalue weighted by molar-refractivity contribution is 5.85. The summed E-state index contributed by atoms with van der Waals surface area (Å²) in [5, 5.41) is 11.3. The molecule has 0 aliphatic rings. The second kappa shape index (κ2) is 5.01. The summed E-state index contributed by atoms with van der Waals surface area (Å²) < 4.78 is 4.74. The van der Waals surface area contributed by atoms with E-state index in [1.165, 1.54) is 0 Å². The van der Waals surface area contributed by atoms with E-state index in [9.17, 15) is 4.79 Å². The lowest BCUT2D eigenvalue weighted by Crippen LogP contribution is -2.14. The van der Waals surface area contributed by atoms with Crippen LogP contribution in [0, 0.1) is 18.3 Å². The molecule has 0 heterocycles. The molecule has 0 spiro atoms. The van der Waals surface area contributed by atoms with E-state index in [-0.39, 0.29) is 0 Å². The number of hydrogen-bond acceptors (Lipinski definition) is 3. The predicted octanol–water partition coefficient (Wildman–Crippen LogP) is 2.44. The van der Waals surface area contributed by atoms with Crippen LogP contribution in [0.25, 0.3) is 0 Å². The van der Waals surface area contributed by atoms with Crippen LogP contribution in [0.1, 0.15) is 18.1 Å². The summed E-state index contributed by atoms with van der Waals surface area (Å²) in [5.41, 5.74) is 2.00. The molecule has 0 unspecified atom stereocenters. The van der Waals surface area contributed by atoms with E-state index < -0.39 is 6.09 Å². The van der Waals surface area contributed by atoms with E-state index in [4.69, 9.17) is 10.00 Å². The first-order valence-corrected chi connectivity index (χ1v) is 4.62. The van der Waals surface area contributed by atoms with Crippen molar-refractivity contribution in [3.63, 3.8) is 0 Å². The zero-order chi connectivity index (χ0) is 11.3. The van der Waals surface area contributed by atoms with Gasteiger partial charge in [-0.2, -0.15) is 5.26 Å². The van der Waals surface area contributed by atoms with Crippen molar-refractivity contribution in [1.82, 2.24) is 0 Å². The van der Waals surface area contributed by atoms with Crippen molar-refractivity contribution in [2.24, 2.45) is 0 Å². The smallest absolute Gasteiger partial charge is 0.411 e. The minimum absolute atomic E-state index is 0.322. The van der Waals surface area contributed by atoms with Crippen molar-refractivity contribution in [3.8, 4) is 6.07 Å². The number of nitrogens with zero attached hydrogens (tertiary/aromatic N) is 1. The molecule has 0 radical (unpaired) electrons. The van der Waals surface area contributed by atoms with Crippen LogP contribution in [0.3, 0.4) is 0 Å². The summed E-state index contributed by atoms with van der Waals surface area (Å²) in [6, 6.07) is 7.10. The highest BCUT2D eigenvalue weighted by Gasteiger charge is 2.05. The molecule has 1 aromatic rings. The Bertz CT molecular complexity index is 408. The van der Waals surface area contributed by atoms with E-state index in [0.29, 0.717) is 17.9 Å². The molecular weight excluding hydrogens is 192 g/mol. The minimum Gasteiger partial charge on any atom is -0.450 e. The number of carbonyl (C=O) groups excluding carboxylic acids is 1. The van der Waals surface area contributed by atoms with Crippen molar-refractivity contribution >= 4 is 11.8 Å². The van der Waals surface area contributed by atoms with Crippen molar-refractivity contribution in [2.75, 3.05) is 11.9 Å².